The van der Waals surface area contributed by atoms with Gasteiger partial charge in [0.1, 0.15) is 5.82 Å². The molecule has 2 heterocycles. The summed E-state index contributed by atoms with van der Waals surface area (Å²) < 4.78 is 5.04. The standard InChI is InChI=1S/C31H40N4O3/c1-6-27(29(36)24-14-12-23(13-15-24)22-10-8-7-9-11-22)33-25-16-17-28(32-20-25)34-19-18-26(21-34)35(30(37)38-5)31(2,3)4/h1,12-17,20,22,26-27,33H,7-11,18-19,21H2,2-5H3. The normalized spacial score (nSPS) is 18.9. The first-order chi connectivity index (χ1) is 18.2. The quantitative estimate of drug-likeness (QED) is 0.366. The number of anilines is 2. The Bertz CT molecular complexity index is 1140. The fraction of sp³-hybridized carbons (Fsp3) is 0.516. The summed E-state index contributed by atoms with van der Waals surface area (Å²) >= 11 is 0. The Morgan fingerprint density at radius 1 is 1.11 bits per heavy atom. The third-order valence-electron chi connectivity index (χ3n) is 7.71. The van der Waals surface area contributed by atoms with Crippen LogP contribution in [0.1, 0.15) is 81.1 Å². The lowest BCUT2D eigenvalue weighted by atomic mass is 9.83. The number of Topliss-reactive ketones (excluding diaryl/α,β-unsaturated/α-hetero) is 1. The second-order valence-electron chi connectivity index (χ2n) is 11.4. The molecule has 1 N–H and O–H groups in total. The second-order valence-corrected chi connectivity index (χ2v) is 11.4. The smallest absolute Gasteiger partial charge is 0.410 e. The van der Waals surface area contributed by atoms with E-state index in [-0.39, 0.29) is 23.5 Å². The largest absolute Gasteiger partial charge is 0.453 e. The molecule has 38 heavy (non-hydrogen) atoms. The van der Waals surface area contributed by atoms with E-state index in [1.807, 2.05) is 49.9 Å². The molecule has 1 aromatic carbocycles. The molecule has 202 valence electrons. The van der Waals surface area contributed by atoms with Crippen LogP contribution in [0.25, 0.3) is 0 Å². The fourth-order valence-electron chi connectivity index (χ4n) is 5.76. The van der Waals surface area contributed by atoms with Gasteiger partial charge < -0.3 is 15.0 Å². The van der Waals surface area contributed by atoms with Crippen molar-refractivity contribution < 1.29 is 14.3 Å². The van der Waals surface area contributed by atoms with Crippen LogP contribution in [0.3, 0.4) is 0 Å². The summed E-state index contributed by atoms with van der Waals surface area (Å²) in [5.41, 5.74) is 2.27. The Hall–Kier alpha value is -3.53. The first-order valence-corrected chi connectivity index (χ1v) is 13.7. The number of hydrogen-bond donors (Lipinski definition) is 1. The lowest BCUT2D eigenvalue weighted by Gasteiger charge is -2.38. The van der Waals surface area contributed by atoms with Crippen molar-refractivity contribution in [2.75, 3.05) is 30.4 Å². The van der Waals surface area contributed by atoms with Gasteiger partial charge in [-0.05, 0) is 63.6 Å². The van der Waals surface area contributed by atoms with Gasteiger partial charge in [-0.1, -0.05) is 49.4 Å². The molecule has 2 atom stereocenters. The van der Waals surface area contributed by atoms with E-state index in [0.717, 1.165) is 18.8 Å². The van der Waals surface area contributed by atoms with Gasteiger partial charge in [-0.15, -0.1) is 6.42 Å². The van der Waals surface area contributed by atoms with E-state index in [1.54, 1.807) is 6.20 Å². The highest BCUT2D eigenvalue weighted by Crippen LogP contribution is 2.33. The average molecular weight is 517 g/mol. The number of methoxy groups -OCH3 is 1. The molecular formula is C31H40N4O3. The van der Waals surface area contributed by atoms with E-state index >= 15 is 0 Å². The van der Waals surface area contributed by atoms with E-state index in [0.29, 0.717) is 23.7 Å². The summed E-state index contributed by atoms with van der Waals surface area (Å²) in [6.07, 6.45) is 14.3. The van der Waals surface area contributed by atoms with Gasteiger partial charge in [0.25, 0.3) is 0 Å². The van der Waals surface area contributed by atoms with Crippen LogP contribution in [0.5, 0.6) is 0 Å². The van der Waals surface area contributed by atoms with Crippen molar-refractivity contribution in [1.82, 2.24) is 9.88 Å². The van der Waals surface area contributed by atoms with Crippen LogP contribution in [0.2, 0.25) is 0 Å². The number of nitrogens with zero attached hydrogens (tertiary/aromatic N) is 3. The number of ketones is 1. The van der Waals surface area contributed by atoms with E-state index in [4.69, 9.17) is 11.2 Å². The number of nitrogens with one attached hydrogen (secondary N) is 1. The van der Waals surface area contributed by atoms with Gasteiger partial charge in [0.2, 0.25) is 0 Å². The predicted molar refractivity (Wildman–Crippen MR) is 152 cm³/mol. The van der Waals surface area contributed by atoms with Crippen molar-refractivity contribution in [3.8, 4) is 12.3 Å². The molecule has 2 aliphatic rings. The van der Waals surface area contributed by atoms with E-state index < -0.39 is 6.04 Å². The van der Waals surface area contributed by atoms with Gasteiger partial charge in [-0.3, -0.25) is 9.69 Å². The van der Waals surface area contributed by atoms with Crippen molar-refractivity contribution in [1.29, 1.82) is 0 Å². The summed E-state index contributed by atoms with van der Waals surface area (Å²) in [6, 6.07) is 11.0. The molecule has 7 nitrogen and oxygen atoms in total. The van der Waals surface area contributed by atoms with Gasteiger partial charge >= 0.3 is 6.09 Å². The van der Waals surface area contributed by atoms with Crippen LogP contribution >= 0.6 is 0 Å². The molecule has 1 aromatic heterocycles. The van der Waals surface area contributed by atoms with Gasteiger partial charge in [0, 0.05) is 24.2 Å². The number of terminal acetylenes is 1. The van der Waals surface area contributed by atoms with Gasteiger partial charge in [0.05, 0.1) is 25.0 Å². The van der Waals surface area contributed by atoms with Crippen molar-refractivity contribution in [3.63, 3.8) is 0 Å². The van der Waals surface area contributed by atoms with Crippen LogP contribution in [0.4, 0.5) is 16.3 Å². The number of rotatable bonds is 7. The summed E-state index contributed by atoms with van der Waals surface area (Å²) in [5.74, 6) is 3.89. The Kier molecular flexibility index (Phi) is 8.61. The minimum Gasteiger partial charge on any atom is -0.453 e. The third kappa shape index (κ3) is 6.30. The van der Waals surface area contributed by atoms with Gasteiger partial charge in [-0.2, -0.15) is 0 Å². The Balaban J connectivity index is 1.37. The topological polar surface area (TPSA) is 74.8 Å². The van der Waals surface area contributed by atoms with Crippen LogP contribution in [0, 0.1) is 12.3 Å². The molecular weight excluding hydrogens is 476 g/mol. The summed E-state index contributed by atoms with van der Waals surface area (Å²) in [5, 5.41) is 3.16. The van der Waals surface area contributed by atoms with Gasteiger partial charge in [-0.25, -0.2) is 9.78 Å². The highest BCUT2D eigenvalue weighted by molar-refractivity contribution is 6.03. The number of carbonyl (C=O) groups excluding carboxylic acids is 2. The molecule has 0 radical (unpaired) electrons. The Labute approximate surface area is 227 Å². The van der Waals surface area contributed by atoms with Crippen LogP contribution in [-0.2, 0) is 4.74 Å². The van der Waals surface area contributed by atoms with Crippen molar-refractivity contribution in [2.24, 2.45) is 0 Å². The average Bonchev–Trinajstić information content (AvgIpc) is 3.40. The maximum Gasteiger partial charge on any atom is 0.410 e. The first kappa shape index (κ1) is 27.5. The first-order valence-electron chi connectivity index (χ1n) is 13.7. The van der Waals surface area contributed by atoms with Gasteiger partial charge in [0.15, 0.2) is 11.8 Å². The van der Waals surface area contributed by atoms with Crippen molar-refractivity contribution in [2.45, 2.75) is 82.8 Å². The molecule has 1 aliphatic carbocycles. The SMILES string of the molecule is C#CC(Nc1ccc(N2CCC(N(C(=O)OC)C(C)(C)C)C2)nc1)C(=O)c1ccc(C2CCCCC2)cc1. The molecule has 2 aromatic rings. The number of hydrogen-bond acceptors (Lipinski definition) is 6. The molecule has 0 bridgehead atoms. The van der Waals surface area contributed by atoms with E-state index in [9.17, 15) is 9.59 Å². The van der Waals surface area contributed by atoms with Crippen molar-refractivity contribution >= 4 is 23.4 Å². The third-order valence-corrected chi connectivity index (χ3v) is 7.71. The number of pyridine rings is 1. The summed E-state index contributed by atoms with van der Waals surface area (Å²) in [6.45, 7) is 7.50. The molecule has 1 saturated heterocycles. The highest BCUT2D eigenvalue weighted by Gasteiger charge is 2.38. The van der Waals surface area contributed by atoms with Crippen LogP contribution < -0.4 is 10.2 Å². The predicted octanol–water partition coefficient (Wildman–Crippen LogP) is 5.87. The molecule has 0 spiro atoms. The number of amides is 1. The molecule has 4 rings (SSSR count). The maximum absolute atomic E-state index is 13.1. The lowest BCUT2D eigenvalue weighted by Crippen LogP contribution is -2.52. The Morgan fingerprint density at radius 3 is 2.39 bits per heavy atom. The summed E-state index contributed by atoms with van der Waals surface area (Å²) in [4.78, 5) is 34.1. The minimum absolute atomic E-state index is 0.0370. The fourth-order valence-corrected chi connectivity index (χ4v) is 5.76. The van der Waals surface area contributed by atoms with Crippen LogP contribution in [-0.4, -0.2) is 59.6 Å². The maximum atomic E-state index is 13.1. The van der Waals surface area contributed by atoms with Crippen molar-refractivity contribution in [3.05, 3.63) is 53.7 Å². The Morgan fingerprint density at radius 2 is 1.82 bits per heavy atom. The number of aromatic nitrogens is 1. The van der Waals surface area contributed by atoms with E-state index in [1.165, 1.54) is 44.8 Å². The molecule has 2 unspecified atom stereocenters. The summed E-state index contributed by atoms with van der Waals surface area (Å²) in [7, 11) is 1.42. The van der Waals surface area contributed by atoms with Crippen LogP contribution in [0.15, 0.2) is 42.6 Å². The van der Waals surface area contributed by atoms with E-state index in [2.05, 4.69) is 33.3 Å². The number of ether oxygens (including phenoxy) is 1. The molecule has 2 fully saturated rings. The number of carbonyl (C=O) groups is 2. The molecule has 1 saturated carbocycles. The highest BCUT2D eigenvalue weighted by atomic mass is 16.5. The number of benzene rings is 1. The zero-order valence-electron chi connectivity index (χ0n) is 23.1. The lowest BCUT2D eigenvalue weighted by molar-refractivity contribution is 0.0621. The molecule has 1 aliphatic heterocycles. The minimum atomic E-state index is -0.778. The monoisotopic (exact) mass is 516 g/mol. The zero-order chi connectivity index (χ0) is 27.3. The second kappa shape index (κ2) is 11.9. The molecule has 1 amide bonds. The zero-order valence-corrected chi connectivity index (χ0v) is 23.1. The molecule has 7 heteroatoms.